The molecule has 0 atom stereocenters. The van der Waals surface area contributed by atoms with Crippen LogP contribution in [0.15, 0.2) is 48.9 Å². The highest BCUT2D eigenvalue weighted by atomic mass is 19.1. The molecular formula is C20H19FN4O3. The second kappa shape index (κ2) is 8.90. The average Bonchev–Trinajstić information content (AvgIpc) is 2.74. The molecule has 0 aliphatic carbocycles. The largest absolute Gasteiger partial charge is 0.497 e. The summed E-state index contributed by atoms with van der Waals surface area (Å²) >= 11 is 0. The van der Waals surface area contributed by atoms with Crippen molar-refractivity contribution in [1.82, 2.24) is 20.3 Å². The first-order valence-electron chi connectivity index (χ1n) is 9.83. The summed E-state index contributed by atoms with van der Waals surface area (Å²) in [5.74, 6) is -0.475. The van der Waals surface area contributed by atoms with Crippen molar-refractivity contribution in [2.75, 3.05) is 20.7 Å². The second-order valence-electron chi connectivity index (χ2n) is 5.75. The summed E-state index contributed by atoms with van der Waals surface area (Å²) in [7, 11) is -1.08. The van der Waals surface area contributed by atoms with E-state index in [9.17, 15) is 9.18 Å². The van der Waals surface area contributed by atoms with Crippen molar-refractivity contribution in [2.24, 2.45) is 0 Å². The number of hydrogen-bond acceptors (Lipinski definition) is 6. The maximum absolute atomic E-state index is 13.8. The number of carbonyl (C=O) groups is 1. The molecule has 8 heteroatoms. The summed E-state index contributed by atoms with van der Waals surface area (Å²) in [5.41, 5.74) is 1.46. The van der Waals surface area contributed by atoms with Crippen molar-refractivity contribution in [2.45, 2.75) is 6.42 Å². The van der Waals surface area contributed by atoms with Crippen LogP contribution in [0.2, 0.25) is 0 Å². The van der Waals surface area contributed by atoms with Gasteiger partial charge in [-0.25, -0.2) is 9.97 Å². The maximum atomic E-state index is 13.8. The van der Waals surface area contributed by atoms with Crippen LogP contribution in [0.4, 0.5) is 4.39 Å². The fraction of sp³-hybridized carbons (Fsp3) is 0.200. The number of ether oxygens (including phenoxy) is 2. The Bertz CT molecular complexity index is 1060. The van der Waals surface area contributed by atoms with Gasteiger partial charge in [0.15, 0.2) is 0 Å². The summed E-state index contributed by atoms with van der Waals surface area (Å²) < 4.78 is 45.0. The Balaban J connectivity index is 1.64. The highest BCUT2D eigenvalue weighted by Gasteiger charge is 2.11. The van der Waals surface area contributed by atoms with E-state index < -0.39 is 18.9 Å². The molecule has 0 aliphatic heterocycles. The van der Waals surface area contributed by atoms with Gasteiger partial charge in [-0.1, -0.05) is 0 Å². The minimum Gasteiger partial charge on any atom is -0.497 e. The third-order valence-electron chi connectivity index (χ3n) is 3.94. The fourth-order valence-corrected chi connectivity index (χ4v) is 2.47. The Morgan fingerprint density at radius 1 is 1.18 bits per heavy atom. The van der Waals surface area contributed by atoms with Gasteiger partial charge in [-0.15, -0.1) is 0 Å². The van der Waals surface area contributed by atoms with Crippen LogP contribution in [0.3, 0.4) is 0 Å². The zero-order chi connectivity index (χ0) is 22.4. The lowest BCUT2D eigenvalue weighted by atomic mass is 10.1. The standard InChI is InChI=1S/C20H19FN4O3/c1-27-15-5-3-13(4-6-15)17-11-22-12-18(25-17)20(26)23-8-7-14-9-16(28-2)10-24-19(14)21/h3-6,9-12H,7-8H2,1-2H3,(H,23,26)/i1D3. The molecule has 1 amide bonds. The second-order valence-corrected chi connectivity index (χ2v) is 5.75. The molecule has 7 nitrogen and oxygen atoms in total. The topological polar surface area (TPSA) is 86.2 Å². The molecule has 1 aromatic carbocycles. The third kappa shape index (κ3) is 4.59. The minimum absolute atomic E-state index is 0.0876. The van der Waals surface area contributed by atoms with Crippen LogP contribution in [0.5, 0.6) is 11.5 Å². The van der Waals surface area contributed by atoms with Crippen LogP contribution >= 0.6 is 0 Å². The van der Waals surface area contributed by atoms with E-state index in [1.165, 1.54) is 43.9 Å². The van der Waals surface area contributed by atoms with Crippen LogP contribution in [0.25, 0.3) is 11.3 Å². The van der Waals surface area contributed by atoms with E-state index in [1.54, 1.807) is 12.1 Å². The third-order valence-corrected chi connectivity index (χ3v) is 3.94. The van der Waals surface area contributed by atoms with Crippen molar-refractivity contribution in [3.63, 3.8) is 0 Å². The number of amides is 1. The number of nitrogens with one attached hydrogen (secondary N) is 1. The number of aromatic nitrogens is 3. The van der Waals surface area contributed by atoms with Crippen molar-refractivity contribution in [1.29, 1.82) is 0 Å². The van der Waals surface area contributed by atoms with E-state index in [2.05, 4.69) is 20.3 Å². The van der Waals surface area contributed by atoms with E-state index in [0.717, 1.165) is 0 Å². The predicted octanol–water partition coefficient (Wildman–Crippen LogP) is 2.67. The molecule has 0 saturated heterocycles. The SMILES string of the molecule is [2H]C([2H])([2H])Oc1ccc(-c2cncc(C(=O)NCCc3cc(OC)cnc3F)n2)cc1. The predicted molar refractivity (Wildman–Crippen MR) is 101 cm³/mol. The highest BCUT2D eigenvalue weighted by molar-refractivity contribution is 5.92. The highest BCUT2D eigenvalue weighted by Crippen LogP contribution is 2.20. The summed E-state index contributed by atoms with van der Waals surface area (Å²) in [6.07, 6.45) is 4.30. The fourth-order valence-electron chi connectivity index (χ4n) is 2.47. The number of methoxy groups -OCH3 is 2. The molecule has 0 aliphatic rings. The van der Waals surface area contributed by atoms with Gasteiger partial charge in [0.1, 0.15) is 17.2 Å². The van der Waals surface area contributed by atoms with Crippen molar-refractivity contribution in [3.8, 4) is 22.8 Å². The normalized spacial score (nSPS) is 12.4. The van der Waals surface area contributed by atoms with Crippen LogP contribution in [0, 0.1) is 5.95 Å². The molecule has 28 heavy (non-hydrogen) atoms. The van der Waals surface area contributed by atoms with E-state index in [1.807, 2.05) is 0 Å². The first-order valence-corrected chi connectivity index (χ1v) is 8.33. The van der Waals surface area contributed by atoms with Crippen molar-refractivity contribution < 1.29 is 22.8 Å². The van der Waals surface area contributed by atoms with E-state index >= 15 is 0 Å². The molecule has 0 unspecified atom stereocenters. The van der Waals surface area contributed by atoms with Crippen LogP contribution < -0.4 is 14.8 Å². The number of carbonyl (C=O) groups excluding carboxylic acids is 1. The molecule has 0 saturated carbocycles. The molecule has 2 aromatic heterocycles. The summed E-state index contributed by atoms with van der Waals surface area (Å²) in [6.45, 7) is 0.164. The smallest absolute Gasteiger partial charge is 0.271 e. The van der Waals surface area contributed by atoms with Crippen LogP contribution in [0.1, 0.15) is 20.2 Å². The number of rotatable bonds is 7. The lowest BCUT2D eigenvalue weighted by Gasteiger charge is -2.08. The zero-order valence-electron chi connectivity index (χ0n) is 18.0. The van der Waals surface area contributed by atoms with Gasteiger partial charge in [-0.2, -0.15) is 4.39 Å². The van der Waals surface area contributed by atoms with Crippen LogP contribution in [-0.2, 0) is 6.42 Å². The number of hydrogen-bond donors (Lipinski definition) is 1. The number of nitrogens with zero attached hydrogens (tertiary/aromatic N) is 3. The molecule has 0 fully saturated rings. The maximum Gasteiger partial charge on any atom is 0.271 e. The molecule has 3 aromatic rings. The minimum atomic E-state index is -2.54. The Morgan fingerprint density at radius 3 is 2.75 bits per heavy atom. The van der Waals surface area contributed by atoms with Gasteiger partial charge in [0.05, 0.1) is 42.5 Å². The average molecular weight is 385 g/mol. The van der Waals surface area contributed by atoms with Crippen LogP contribution in [-0.4, -0.2) is 41.6 Å². The summed E-state index contributed by atoms with van der Waals surface area (Å²) in [6, 6.07) is 7.74. The molecule has 0 spiro atoms. The van der Waals surface area contributed by atoms with Crippen molar-refractivity contribution >= 4 is 5.91 Å². The molecular weight excluding hydrogens is 363 g/mol. The van der Waals surface area contributed by atoms with Gasteiger partial charge < -0.3 is 14.8 Å². The van der Waals surface area contributed by atoms with Gasteiger partial charge in [0.2, 0.25) is 5.95 Å². The Kier molecular flexibility index (Phi) is 4.93. The Labute approximate surface area is 165 Å². The molecule has 2 heterocycles. The zero-order valence-corrected chi connectivity index (χ0v) is 15.0. The molecule has 0 radical (unpaired) electrons. The summed E-state index contributed by atoms with van der Waals surface area (Å²) in [4.78, 5) is 24.3. The number of benzene rings is 1. The monoisotopic (exact) mass is 385 g/mol. The van der Waals surface area contributed by atoms with E-state index in [4.69, 9.17) is 13.6 Å². The van der Waals surface area contributed by atoms with E-state index in [0.29, 0.717) is 22.6 Å². The molecule has 144 valence electrons. The first-order chi connectivity index (χ1) is 14.7. The Morgan fingerprint density at radius 2 is 2.00 bits per heavy atom. The Hall–Kier alpha value is -3.55. The van der Waals surface area contributed by atoms with Gasteiger partial charge in [-0.05, 0) is 36.8 Å². The number of pyridine rings is 1. The van der Waals surface area contributed by atoms with Gasteiger partial charge in [-0.3, -0.25) is 9.78 Å². The van der Waals surface area contributed by atoms with E-state index in [-0.39, 0.29) is 24.4 Å². The summed E-state index contributed by atoms with van der Waals surface area (Å²) in [5, 5.41) is 2.67. The van der Waals surface area contributed by atoms with Gasteiger partial charge >= 0.3 is 0 Å². The van der Waals surface area contributed by atoms with Gasteiger partial charge in [0.25, 0.3) is 5.91 Å². The molecule has 0 bridgehead atoms. The number of halogens is 1. The lowest BCUT2D eigenvalue weighted by molar-refractivity contribution is 0.0948. The molecule has 3 rings (SSSR count). The quantitative estimate of drug-likeness (QED) is 0.630. The lowest BCUT2D eigenvalue weighted by Crippen LogP contribution is -2.27. The van der Waals surface area contributed by atoms with Crippen molar-refractivity contribution in [3.05, 3.63) is 66.1 Å². The van der Waals surface area contributed by atoms with Gasteiger partial charge in [0, 0.05) is 17.7 Å². The first kappa shape index (κ1) is 15.5. The molecule has 1 N–H and O–H groups in total.